The van der Waals surface area contributed by atoms with Crippen LogP contribution in [0.3, 0.4) is 0 Å². The van der Waals surface area contributed by atoms with E-state index in [9.17, 15) is 9.18 Å². The van der Waals surface area contributed by atoms with Gasteiger partial charge < -0.3 is 14.8 Å². The van der Waals surface area contributed by atoms with Crippen LogP contribution in [0.2, 0.25) is 0 Å². The van der Waals surface area contributed by atoms with E-state index in [1.54, 1.807) is 12.1 Å². The summed E-state index contributed by atoms with van der Waals surface area (Å²) in [4.78, 5) is 14.9. The van der Waals surface area contributed by atoms with Crippen LogP contribution in [0.4, 0.5) is 4.39 Å². The predicted octanol–water partition coefficient (Wildman–Crippen LogP) is 3.01. The van der Waals surface area contributed by atoms with E-state index in [1.807, 2.05) is 0 Å². The van der Waals surface area contributed by atoms with Crippen LogP contribution in [0.5, 0.6) is 0 Å². The number of nitrogens with one attached hydrogen (secondary N) is 1. The molecule has 148 valence electrons. The Hall–Kier alpha value is -1.50. The molecular formula is C21H29FN2O3. The first-order valence-corrected chi connectivity index (χ1v) is 10.2. The number of ether oxygens (including phenoxy) is 2. The van der Waals surface area contributed by atoms with Crippen LogP contribution in [0.25, 0.3) is 0 Å². The first-order valence-electron chi connectivity index (χ1n) is 10.2. The Morgan fingerprint density at radius 1 is 1.15 bits per heavy atom. The Balaban J connectivity index is 1.35. The van der Waals surface area contributed by atoms with Gasteiger partial charge in [0.05, 0.1) is 25.8 Å². The van der Waals surface area contributed by atoms with E-state index >= 15 is 0 Å². The van der Waals surface area contributed by atoms with Crippen molar-refractivity contribution >= 4 is 5.91 Å². The summed E-state index contributed by atoms with van der Waals surface area (Å²) < 4.78 is 24.8. The van der Waals surface area contributed by atoms with Gasteiger partial charge in [-0.25, -0.2) is 4.39 Å². The summed E-state index contributed by atoms with van der Waals surface area (Å²) in [5, 5.41) is 3.24. The summed E-state index contributed by atoms with van der Waals surface area (Å²) >= 11 is 0. The molecule has 1 aliphatic carbocycles. The molecule has 1 atom stereocenters. The Labute approximate surface area is 160 Å². The van der Waals surface area contributed by atoms with Gasteiger partial charge in [0, 0.05) is 25.9 Å². The largest absolute Gasteiger partial charge is 0.348 e. The summed E-state index contributed by atoms with van der Waals surface area (Å²) in [6.45, 7) is 3.33. The topological polar surface area (TPSA) is 50.8 Å². The molecule has 1 N–H and O–H groups in total. The summed E-state index contributed by atoms with van der Waals surface area (Å²) in [6, 6.07) is 6.54. The van der Waals surface area contributed by atoms with Crippen molar-refractivity contribution in [3.63, 3.8) is 0 Å². The number of piperidine rings is 1. The highest BCUT2D eigenvalue weighted by Crippen LogP contribution is 2.36. The van der Waals surface area contributed by atoms with Crippen molar-refractivity contribution in [3.05, 3.63) is 35.6 Å². The van der Waals surface area contributed by atoms with E-state index in [2.05, 4.69) is 10.2 Å². The zero-order valence-electron chi connectivity index (χ0n) is 15.8. The van der Waals surface area contributed by atoms with Gasteiger partial charge in [-0.15, -0.1) is 0 Å². The van der Waals surface area contributed by atoms with Crippen LogP contribution in [0, 0.1) is 11.7 Å². The Morgan fingerprint density at radius 2 is 1.78 bits per heavy atom. The van der Waals surface area contributed by atoms with Gasteiger partial charge in [0.25, 0.3) is 0 Å². The minimum atomic E-state index is -0.409. The van der Waals surface area contributed by atoms with E-state index < -0.39 is 5.79 Å². The molecule has 2 aliphatic heterocycles. The third-order valence-electron chi connectivity index (χ3n) is 6.22. The molecule has 1 aromatic carbocycles. The standard InChI is InChI=1S/C21H29FN2O3/c22-18-7-5-17(6-8-18)20(16-3-1-2-4-16)23-19(25)15-24-11-9-21(10-12-24)26-13-14-27-21/h5-8,16,20H,1-4,9-15H2,(H,23,25). The molecule has 27 heavy (non-hydrogen) atoms. The molecule has 1 unspecified atom stereocenters. The van der Waals surface area contributed by atoms with Gasteiger partial charge in [-0.3, -0.25) is 9.69 Å². The van der Waals surface area contributed by atoms with Crippen molar-refractivity contribution in [1.29, 1.82) is 0 Å². The fourth-order valence-corrected chi connectivity index (χ4v) is 4.69. The van der Waals surface area contributed by atoms with Gasteiger partial charge in [-0.1, -0.05) is 25.0 Å². The fourth-order valence-electron chi connectivity index (χ4n) is 4.69. The molecule has 1 saturated carbocycles. The van der Waals surface area contributed by atoms with E-state index in [4.69, 9.17) is 9.47 Å². The maximum absolute atomic E-state index is 13.3. The number of nitrogens with zero attached hydrogens (tertiary/aromatic N) is 1. The van der Waals surface area contributed by atoms with Crippen LogP contribution < -0.4 is 5.32 Å². The van der Waals surface area contributed by atoms with E-state index in [1.165, 1.54) is 25.0 Å². The van der Waals surface area contributed by atoms with Gasteiger partial charge in [0.2, 0.25) is 5.91 Å². The first kappa shape index (κ1) is 18.8. The minimum Gasteiger partial charge on any atom is -0.348 e. The molecule has 2 heterocycles. The quantitative estimate of drug-likeness (QED) is 0.858. The second kappa shape index (κ2) is 8.25. The van der Waals surface area contributed by atoms with Gasteiger partial charge >= 0.3 is 0 Å². The van der Waals surface area contributed by atoms with Crippen LogP contribution in [-0.2, 0) is 14.3 Å². The highest BCUT2D eigenvalue weighted by Gasteiger charge is 2.40. The number of hydrogen-bond donors (Lipinski definition) is 1. The summed E-state index contributed by atoms with van der Waals surface area (Å²) in [7, 11) is 0. The molecule has 1 spiro atoms. The van der Waals surface area contributed by atoms with Gasteiger partial charge in [-0.05, 0) is 36.5 Å². The molecule has 2 saturated heterocycles. The number of rotatable bonds is 5. The predicted molar refractivity (Wildman–Crippen MR) is 99.6 cm³/mol. The summed E-state index contributed by atoms with van der Waals surface area (Å²) in [5.41, 5.74) is 1.00. The highest BCUT2D eigenvalue weighted by molar-refractivity contribution is 5.78. The van der Waals surface area contributed by atoms with Gasteiger partial charge in [-0.2, -0.15) is 0 Å². The molecular weight excluding hydrogens is 347 g/mol. The van der Waals surface area contributed by atoms with Gasteiger partial charge in [0.1, 0.15) is 5.82 Å². The second-order valence-corrected chi connectivity index (χ2v) is 8.03. The van der Waals surface area contributed by atoms with Crippen molar-refractivity contribution in [1.82, 2.24) is 10.2 Å². The molecule has 1 aromatic rings. The summed E-state index contributed by atoms with van der Waals surface area (Å²) in [5.74, 6) is -0.174. The molecule has 6 heteroatoms. The van der Waals surface area contributed by atoms with E-state index in [0.717, 1.165) is 44.3 Å². The highest BCUT2D eigenvalue weighted by atomic mass is 19.1. The first-order chi connectivity index (χ1) is 13.1. The lowest BCUT2D eigenvalue weighted by atomic mass is 9.91. The minimum absolute atomic E-state index is 0.0294. The van der Waals surface area contributed by atoms with Crippen LogP contribution in [-0.4, -0.2) is 49.4 Å². The molecule has 3 fully saturated rings. The van der Waals surface area contributed by atoms with Crippen molar-refractivity contribution < 1.29 is 18.7 Å². The second-order valence-electron chi connectivity index (χ2n) is 8.03. The molecule has 3 aliphatic rings. The van der Waals surface area contributed by atoms with E-state index in [-0.39, 0.29) is 17.8 Å². The lowest BCUT2D eigenvalue weighted by Gasteiger charge is -2.37. The number of carbonyl (C=O) groups excluding carboxylic acids is 1. The van der Waals surface area contributed by atoms with Crippen molar-refractivity contribution in [3.8, 4) is 0 Å². The molecule has 1 amide bonds. The molecule has 4 rings (SSSR count). The third kappa shape index (κ3) is 4.50. The van der Waals surface area contributed by atoms with Crippen LogP contribution in [0.1, 0.15) is 50.1 Å². The number of benzene rings is 1. The maximum Gasteiger partial charge on any atom is 0.234 e. The van der Waals surface area contributed by atoms with Crippen LogP contribution >= 0.6 is 0 Å². The molecule has 0 bridgehead atoms. The SMILES string of the molecule is O=C(CN1CCC2(CC1)OCCO2)NC(c1ccc(F)cc1)C1CCCC1. The molecule has 0 aromatic heterocycles. The lowest BCUT2D eigenvalue weighted by molar-refractivity contribution is -0.185. The Morgan fingerprint density at radius 3 is 2.41 bits per heavy atom. The number of hydrogen-bond acceptors (Lipinski definition) is 4. The number of halogens is 1. The Kier molecular flexibility index (Phi) is 5.76. The Bertz CT molecular complexity index is 629. The number of likely N-dealkylation sites (tertiary alicyclic amines) is 1. The van der Waals surface area contributed by atoms with E-state index in [0.29, 0.717) is 25.7 Å². The fraction of sp³-hybridized carbons (Fsp3) is 0.667. The maximum atomic E-state index is 13.3. The number of carbonyl (C=O) groups is 1. The molecule has 0 radical (unpaired) electrons. The van der Waals surface area contributed by atoms with Crippen molar-refractivity contribution in [2.75, 3.05) is 32.8 Å². The average Bonchev–Trinajstić information content (AvgIpc) is 3.35. The zero-order valence-corrected chi connectivity index (χ0v) is 15.8. The number of amides is 1. The van der Waals surface area contributed by atoms with Crippen molar-refractivity contribution in [2.24, 2.45) is 5.92 Å². The summed E-state index contributed by atoms with van der Waals surface area (Å²) in [6.07, 6.45) is 6.25. The monoisotopic (exact) mass is 376 g/mol. The van der Waals surface area contributed by atoms with Crippen LogP contribution in [0.15, 0.2) is 24.3 Å². The van der Waals surface area contributed by atoms with Gasteiger partial charge in [0.15, 0.2) is 5.79 Å². The average molecular weight is 376 g/mol. The normalized spacial score (nSPS) is 24.3. The molecule has 5 nitrogen and oxygen atoms in total. The lowest BCUT2D eigenvalue weighted by Crippen LogP contribution is -2.48. The van der Waals surface area contributed by atoms with Crippen molar-refractivity contribution in [2.45, 2.75) is 50.4 Å². The smallest absolute Gasteiger partial charge is 0.234 e. The third-order valence-corrected chi connectivity index (χ3v) is 6.22. The zero-order chi connectivity index (χ0) is 18.7.